The van der Waals surface area contributed by atoms with Crippen LogP contribution in [0.3, 0.4) is 0 Å². The summed E-state index contributed by atoms with van der Waals surface area (Å²) in [6, 6.07) is 6.98. The molecule has 0 aliphatic heterocycles. The first-order valence-electron chi connectivity index (χ1n) is 4.96. The van der Waals surface area contributed by atoms with Crippen LogP contribution in [0.25, 0.3) is 0 Å². The van der Waals surface area contributed by atoms with E-state index in [1.807, 2.05) is 6.07 Å². The van der Waals surface area contributed by atoms with Crippen molar-refractivity contribution in [2.24, 2.45) is 11.8 Å². The predicted octanol–water partition coefficient (Wildman–Crippen LogP) is 2.99. The molecule has 1 aromatic rings. The van der Waals surface area contributed by atoms with Gasteiger partial charge >= 0.3 is 5.97 Å². The SMILES string of the molecule is CC(C(=O)O)C(C)C(=O)c1cccc(Br)c1. The molecular formula is C12H13BrO3. The Balaban J connectivity index is 2.90. The van der Waals surface area contributed by atoms with Crippen molar-refractivity contribution in [1.82, 2.24) is 0 Å². The summed E-state index contributed by atoms with van der Waals surface area (Å²) in [5.41, 5.74) is 0.537. The minimum atomic E-state index is -0.948. The molecule has 0 saturated heterocycles. The van der Waals surface area contributed by atoms with Crippen LogP contribution in [0.15, 0.2) is 28.7 Å². The van der Waals surface area contributed by atoms with Crippen molar-refractivity contribution in [1.29, 1.82) is 0 Å². The lowest BCUT2D eigenvalue weighted by Gasteiger charge is -2.14. The van der Waals surface area contributed by atoms with E-state index in [2.05, 4.69) is 15.9 Å². The highest BCUT2D eigenvalue weighted by Gasteiger charge is 2.26. The van der Waals surface area contributed by atoms with Gasteiger partial charge in [0.05, 0.1) is 5.92 Å². The molecule has 0 aliphatic carbocycles. The molecule has 4 heteroatoms. The van der Waals surface area contributed by atoms with Crippen LogP contribution in [0.2, 0.25) is 0 Å². The number of hydrogen-bond acceptors (Lipinski definition) is 2. The van der Waals surface area contributed by atoms with E-state index in [4.69, 9.17) is 5.11 Å². The molecule has 0 bridgehead atoms. The van der Waals surface area contributed by atoms with Crippen molar-refractivity contribution >= 4 is 27.7 Å². The van der Waals surface area contributed by atoms with Gasteiger partial charge < -0.3 is 5.11 Å². The number of carbonyl (C=O) groups excluding carboxylic acids is 1. The molecule has 1 rings (SSSR count). The Morgan fingerprint density at radius 1 is 1.25 bits per heavy atom. The summed E-state index contributed by atoms with van der Waals surface area (Å²) in [6.45, 7) is 3.19. The van der Waals surface area contributed by atoms with Gasteiger partial charge in [0.25, 0.3) is 0 Å². The maximum atomic E-state index is 12.0. The van der Waals surface area contributed by atoms with Crippen LogP contribution in [0.4, 0.5) is 0 Å². The van der Waals surface area contributed by atoms with Crippen LogP contribution in [0, 0.1) is 11.8 Å². The van der Waals surface area contributed by atoms with Crippen LogP contribution < -0.4 is 0 Å². The average Bonchev–Trinajstić information content (AvgIpc) is 2.26. The highest BCUT2D eigenvalue weighted by molar-refractivity contribution is 9.10. The average molecular weight is 285 g/mol. The number of carboxylic acids is 1. The minimum absolute atomic E-state index is 0.142. The van der Waals surface area contributed by atoms with Crippen molar-refractivity contribution in [3.05, 3.63) is 34.3 Å². The van der Waals surface area contributed by atoms with Crippen LogP contribution in [-0.2, 0) is 4.79 Å². The van der Waals surface area contributed by atoms with E-state index >= 15 is 0 Å². The van der Waals surface area contributed by atoms with Crippen molar-refractivity contribution in [2.75, 3.05) is 0 Å². The Bertz CT molecular complexity index is 414. The maximum absolute atomic E-state index is 12.0. The lowest BCUT2D eigenvalue weighted by molar-refractivity contribution is -0.142. The first kappa shape index (κ1) is 12.9. The number of carboxylic acid groups (broad SMARTS) is 1. The largest absolute Gasteiger partial charge is 0.481 e. The molecule has 3 nitrogen and oxygen atoms in total. The number of ketones is 1. The molecular weight excluding hydrogens is 272 g/mol. The molecule has 1 aromatic carbocycles. The number of hydrogen-bond donors (Lipinski definition) is 1. The lowest BCUT2D eigenvalue weighted by Crippen LogP contribution is -2.25. The number of halogens is 1. The van der Waals surface area contributed by atoms with Gasteiger partial charge in [0.1, 0.15) is 0 Å². The summed E-state index contributed by atoms with van der Waals surface area (Å²) in [4.78, 5) is 22.7. The summed E-state index contributed by atoms with van der Waals surface area (Å²) in [5, 5.41) is 8.84. The van der Waals surface area contributed by atoms with Gasteiger partial charge in [0, 0.05) is 16.0 Å². The Morgan fingerprint density at radius 2 is 1.88 bits per heavy atom. The molecule has 0 aromatic heterocycles. The molecule has 0 radical (unpaired) electrons. The zero-order valence-corrected chi connectivity index (χ0v) is 10.7. The van der Waals surface area contributed by atoms with Gasteiger partial charge in [-0.1, -0.05) is 41.9 Å². The van der Waals surface area contributed by atoms with Crippen molar-refractivity contribution < 1.29 is 14.7 Å². The van der Waals surface area contributed by atoms with E-state index in [0.29, 0.717) is 5.56 Å². The van der Waals surface area contributed by atoms with E-state index in [1.54, 1.807) is 32.0 Å². The summed E-state index contributed by atoms with van der Waals surface area (Å²) >= 11 is 3.28. The van der Waals surface area contributed by atoms with Gasteiger partial charge in [-0.25, -0.2) is 0 Å². The number of carbonyl (C=O) groups is 2. The van der Waals surface area contributed by atoms with Crippen LogP contribution in [0.5, 0.6) is 0 Å². The Labute approximate surface area is 103 Å². The summed E-state index contributed by atoms with van der Waals surface area (Å²) < 4.78 is 0.813. The smallest absolute Gasteiger partial charge is 0.306 e. The molecule has 2 atom stereocenters. The molecule has 0 amide bonds. The Morgan fingerprint density at radius 3 is 2.38 bits per heavy atom. The zero-order chi connectivity index (χ0) is 12.3. The Hall–Kier alpha value is -1.16. The van der Waals surface area contributed by atoms with Crippen molar-refractivity contribution in [3.63, 3.8) is 0 Å². The highest BCUT2D eigenvalue weighted by atomic mass is 79.9. The standard InChI is InChI=1S/C12H13BrO3/c1-7(8(2)12(15)16)11(14)9-4-3-5-10(13)6-9/h3-8H,1-2H3,(H,15,16). The minimum Gasteiger partial charge on any atom is -0.481 e. The third-order valence-electron chi connectivity index (χ3n) is 2.66. The fraction of sp³-hybridized carbons (Fsp3) is 0.333. The van der Waals surface area contributed by atoms with Gasteiger partial charge in [-0.05, 0) is 12.1 Å². The number of benzene rings is 1. The normalized spacial score (nSPS) is 14.2. The van der Waals surface area contributed by atoms with E-state index in [0.717, 1.165) is 4.47 Å². The molecule has 86 valence electrons. The lowest BCUT2D eigenvalue weighted by atomic mass is 9.88. The second-order valence-corrected chi connectivity index (χ2v) is 4.71. The number of aliphatic carboxylic acids is 1. The highest BCUT2D eigenvalue weighted by Crippen LogP contribution is 2.20. The first-order valence-corrected chi connectivity index (χ1v) is 5.75. The second kappa shape index (κ2) is 5.25. The molecule has 0 spiro atoms. The quantitative estimate of drug-likeness (QED) is 0.865. The fourth-order valence-electron chi connectivity index (χ4n) is 1.35. The first-order chi connectivity index (χ1) is 7.43. The van der Waals surface area contributed by atoms with Crippen LogP contribution in [-0.4, -0.2) is 16.9 Å². The van der Waals surface area contributed by atoms with Gasteiger partial charge in [0.15, 0.2) is 5.78 Å². The second-order valence-electron chi connectivity index (χ2n) is 3.79. The molecule has 0 fully saturated rings. The third kappa shape index (κ3) is 2.92. The fourth-order valence-corrected chi connectivity index (χ4v) is 1.74. The van der Waals surface area contributed by atoms with Gasteiger partial charge in [-0.15, -0.1) is 0 Å². The summed E-state index contributed by atoms with van der Waals surface area (Å²) in [6.07, 6.45) is 0. The van der Waals surface area contributed by atoms with Crippen LogP contribution in [0.1, 0.15) is 24.2 Å². The van der Waals surface area contributed by atoms with Gasteiger partial charge in [-0.3, -0.25) is 9.59 Å². The summed E-state index contributed by atoms with van der Waals surface area (Å²) in [5.74, 6) is -2.29. The van der Waals surface area contributed by atoms with Gasteiger partial charge in [-0.2, -0.15) is 0 Å². The van der Waals surface area contributed by atoms with E-state index in [9.17, 15) is 9.59 Å². The Kier molecular flexibility index (Phi) is 4.24. The predicted molar refractivity (Wildman–Crippen MR) is 64.4 cm³/mol. The molecule has 16 heavy (non-hydrogen) atoms. The molecule has 0 saturated carbocycles. The molecule has 0 aliphatic rings. The molecule has 0 heterocycles. The number of rotatable bonds is 4. The van der Waals surface area contributed by atoms with Crippen molar-refractivity contribution in [3.8, 4) is 0 Å². The van der Waals surface area contributed by atoms with Gasteiger partial charge in [0.2, 0.25) is 0 Å². The molecule has 2 unspecified atom stereocenters. The topological polar surface area (TPSA) is 54.4 Å². The monoisotopic (exact) mass is 284 g/mol. The zero-order valence-electron chi connectivity index (χ0n) is 9.11. The number of Topliss-reactive ketones (excluding diaryl/α,β-unsaturated/α-hetero) is 1. The van der Waals surface area contributed by atoms with Crippen molar-refractivity contribution in [2.45, 2.75) is 13.8 Å². The maximum Gasteiger partial charge on any atom is 0.306 e. The summed E-state index contributed by atoms with van der Waals surface area (Å²) in [7, 11) is 0. The van der Waals surface area contributed by atoms with E-state index in [-0.39, 0.29) is 5.78 Å². The van der Waals surface area contributed by atoms with Crippen LogP contribution >= 0.6 is 15.9 Å². The van der Waals surface area contributed by atoms with E-state index in [1.165, 1.54) is 0 Å². The molecule has 1 N–H and O–H groups in total. The van der Waals surface area contributed by atoms with E-state index < -0.39 is 17.8 Å². The third-order valence-corrected chi connectivity index (χ3v) is 3.16.